The van der Waals surface area contributed by atoms with Gasteiger partial charge in [0.1, 0.15) is 0 Å². The monoisotopic (exact) mass is 291 g/mol. The normalized spacial score (nSPS) is 11.1. The van der Waals surface area contributed by atoms with E-state index in [2.05, 4.69) is 38.1 Å². The molecule has 2 aromatic rings. The van der Waals surface area contributed by atoms with E-state index in [0.29, 0.717) is 0 Å². The number of nitrogens with one attached hydrogen (secondary N) is 1. The van der Waals surface area contributed by atoms with Crippen molar-refractivity contribution in [3.63, 3.8) is 0 Å². The van der Waals surface area contributed by atoms with Gasteiger partial charge in [0.25, 0.3) is 5.91 Å². The standard InChI is InChI=1S/C15H21N3OS/c1-6-12-11(5)20-8-13(12)15(19)16-14-7-18(9(2)3)17-10(14)4/h7-9H,6H2,1-5H3,(H,16,19). The summed E-state index contributed by atoms with van der Waals surface area (Å²) in [5.41, 5.74) is 3.56. The summed E-state index contributed by atoms with van der Waals surface area (Å²) in [7, 11) is 0. The lowest BCUT2D eigenvalue weighted by atomic mass is 10.1. The molecule has 0 aliphatic carbocycles. The number of anilines is 1. The van der Waals surface area contributed by atoms with E-state index in [1.807, 2.05) is 23.2 Å². The van der Waals surface area contributed by atoms with E-state index in [-0.39, 0.29) is 11.9 Å². The molecule has 4 nitrogen and oxygen atoms in total. The molecule has 1 N–H and O–H groups in total. The molecule has 0 saturated carbocycles. The molecule has 0 aromatic carbocycles. The zero-order chi connectivity index (χ0) is 14.9. The summed E-state index contributed by atoms with van der Waals surface area (Å²) in [4.78, 5) is 13.6. The lowest BCUT2D eigenvalue weighted by molar-refractivity contribution is 0.102. The van der Waals surface area contributed by atoms with Crippen LogP contribution in [0.1, 0.15) is 53.3 Å². The van der Waals surface area contributed by atoms with E-state index in [4.69, 9.17) is 0 Å². The van der Waals surface area contributed by atoms with Gasteiger partial charge < -0.3 is 5.32 Å². The van der Waals surface area contributed by atoms with E-state index in [9.17, 15) is 4.79 Å². The Morgan fingerprint density at radius 2 is 2.15 bits per heavy atom. The van der Waals surface area contributed by atoms with Crippen molar-refractivity contribution in [2.75, 3.05) is 5.32 Å². The van der Waals surface area contributed by atoms with E-state index >= 15 is 0 Å². The van der Waals surface area contributed by atoms with Crippen LogP contribution in [-0.4, -0.2) is 15.7 Å². The third-order valence-corrected chi connectivity index (χ3v) is 4.35. The van der Waals surface area contributed by atoms with Crippen molar-refractivity contribution in [3.05, 3.63) is 33.3 Å². The lowest BCUT2D eigenvalue weighted by Crippen LogP contribution is -2.13. The lowest BCUT2D eigenvalue weighted by Gasteiger charge is -2.05. The number of carbonyl (C=O) groups is 1. The van der Waals surface area contributed by atoms with Gasteiger partial charge >= 0.3 is 0 Å². The molecule has 0 radical (unpaired) electrons. The van der Waals surface area contributed by atoms with Crippen LogP contribution in [0.5, 0.6) is 0 Å². The molecule has 2 rings (SSSR count). The zero-order valence-corrected chi connectivity index (χ0v) is 13.5. The molecule has 0 saturated heterocycles. The predicted molar refractivity (Wildman–Crippen MR) is 83.7 cm³/mol. The Kier molecular flexibility index (Phi) is 4.28. The van der Waals surface area contributed by atoms with Crippen LogP contribution in [0.4, 0.5) is 5.69 Å². The summed E-state index contributed by atoms with van der Waals surface area (Å²) in [5, 5.41) is 9.32. The summed E-state index contributed by atoms with van der Waals surface area (Å²) in [5.74, 6) is -0.0439. The number of hydrogen-bond acceptors (Lipinski definition) is 3. The van der Waals surface area contributed by atoms with Crippen molar-refractivity contribution in [1.82, 2.24) is 9.78 Å². The van der Waals surface area contributed by atoms with Gasteiger partial charge in [-0.25, -0.2) is 0 Å². The number of thiophene rings is 1. The SMILES string of the molecule is CCc1c(C(=O)Nc2cn(C(C)C)nc2C)csc1C. The fourth-order valence-electron chi connectivity index (χ4n) is 2.17. The van der Waals surface area contributed by atoms with Crippen LogP contribution in [-0.2, 0) is 6.42 Å². The van der Waals surface area contributed by atoms with E-state index < -0.39 is 0 Å². The number of hydrogen-bond donors (Lipinski definition) is 1. The maximum absolute atomic E-state index is 12.4. The molecule has 0 fully saturated rings. The van der Waals surface area contributed by atoms with Gasteiger partial charge in [0.2, 0.25) is 0 Å². The van der Waals surface area contributed by atoms with Crippen molar-refractivity contribution in [2.45, 2.75) is 47.1 Å². The second-order valence-electron chi connectivity index (χ2n) is 5.19. The largest absolute Gasteiger partial charge is 0.319 e. The average Bonchev–Trinajstić information content (AvgIpc) is 2.93. The Morgan fingerprint density at radius 3 is 2.70 bits per heavy atom. The highest BCUT2D eigenvalue weighted by Gasteiger charge is 2.16. The predicted octanol–water partition coefficient (Wildman–Crippen LogP) is 3.96. The first-order chi connectivity index (χ1) is 9.43. The zero-order valence-electron chi connectivity index (χ0n) is 12.7. The number of nitrogens with zero attached hydrogens (tertiary/aromatic N) is 2. The first-order valence-electron chi connectivity index (χ1n) is 6.88. The molecule has 1 amide bonds. The molecule has 2 heterocycles. The van der Waals surface area contributed by atoms with E-state index in [1.165, 1.54) is 4.88 Å². The Balaban J connectivity index is 2.23. The van der Waals surface area contributed by atoms with Gasteiger partial charge in [0, 0.05) is 22.5 Å². The van der Waals surface area contributed by atoms with Crippen molar-refractivity contribution in [2.24, 2.45) is 0 Å². The first-order valence-corrected chi connectivity index (χ1v) is 7.76. The molecular formula is C15H21N3OS. The molecule has 20 heavy (non-hydrogen) atoms. The molecular weight excluding hydrogens is 270 g/mol. The molecule has 108 valence electrons. The Bertz CT molecular complexity index is 625. The summed E-state index contributed by atoms with van der Waals surface area (Å²) in [6.45, 7) is 10.2. The maximum Gasteiger partial charge on any atom is 0.256 e. The number of aromatic nitrogens is 2. The average molecular weight is 291 g/mol. The second-order valence-corrected chi connectivity index (χ2v) is 6.28. The van der Waals surface area contributed by atoms with Crippen molar-refractivity contribution in [3.8, 4) is 0 Å². The number of carbonyl (C=O) groups excluding carboxylic acids is 1. The van der Waals surface area contributed by atoms with Gasteiger partial charge in [-0.2, -0.15) is 5.10 Å². The van der Waals surface area contributed by atoms with Gasteiger partial charge in [-0.3, -0.25) is 9.48 Å². The molecule has 0 aliphatic heterocycles. The minimum Gasteiger partial charge on any atom is -0.319 e. The van der Waals surface area contributed by atoms with Gasteiger partial charge in [-0.1, -0.05) is 6.92 Å². The van der Waals surface area contributed by atoms with Crippen LogP contribution < -0.4 is 5.32 Å². The van der Waals surface area contributed by atoms with Crippen molar-refractivity contribution in [1.29, 1.82) is 0 Å². The molecule has 5 heteroatoms. The number of rotatable bonds is 4. The Morgan fingerprint density at radius 1 is 1.45 bits per heavy atom. The third kappa shape index (κ3) is 2.77. The molecule has 0 spiro atoms. The minimum absolute atomic E-state index is 0.0439. The highest BCUT2D eigenvalue weighted by molar-refractivity contribution is 7.10. The van der Waals surface area contributed by atoms with Gasteiger partial charge in [0.05, 0.1) is 16.9 Å². The Hall–Kier alpha value is -1.62. The molecule has 2 aromatic heterocycles. The van der Waals surface area contributed by atoms with Crippen LogP contribution in [0.15, 0.2) is 11.6 Å². The van der Waals surface area contributed by atoms with Crippen molar-refractivity contribution >= 4 is 22.9 Å². The highest BCUT2D eigenvalue weighted by Crippen LogP contribution is 2.24. The summed E-state index contributed by atoms with van der Waals surface area (Å²) < 4.78 is 1.87. The van der Waals surface area contributed by atoms with Gasteiger partial charge in [-0.15, -0.1) is 11.3 Å². The van der Waals surface area contributed by atoms with Gasteiger partial charge in [-0.05, 0) is 39.7 Å². The number of amides is 1. The summed E-state index contributed by atoms with van der Waals surface area (Å²) in [6, 6.07) is 0.286. The minimum atomic E-state index is -0.0439. The fraction of sp³-hybridized carbons (Fsp3) is 0.467. The molecule has 0 unspecified atom stereocenters. The topological polar surface area (TPSA) is 46.9 Å². The van der Waals surface area contributed by atoms with Crippen LogP contribution in [0.25, 0.3) is 0 Å². The van der Waals surface area contributed by atoms with E-state index in [0.717, 1.165) is 28.9 Å². The summed E-state index contributed by atoms with van der Waals surface area (Å²) in [6.07, 6.45) is 2.77. The molecule has 0 atom stereocenters. The smallest absolute Gasteiger partial charge is 0.256 e. The molecule has 0 bridgehead atoms. The number of aryl methyl sites for hydroxylation is 2. The maximum atomic E-state index is 12.4. The fourth-order valence-corrected chi connectivity index (χ4v) is 3.11. The van der Waals surface area contributed by atoms with Crippen LogP contribution in [0.3, 0.4) is 0 Å². The molecule has 0 aliphatic rings. The van der Waals surface area contributed by atoms with Crippen molar-refractivity contribution < 1.29 is 4.79 Å². The highest BCUT2D eigenvalue weighted by atomic mass is 32.1. The third-order valence-electron chi connectivity index (χ3n) is 3.40. The summed E-state index contributed by atoms with van der Waals surface area (Å²) >= 11 is 1.63. The van der Waals surface area contributed by atoms with E-state index in [1.54, 1.807) is 11.3 Å². The van der Waals surface area contributed by atoms with Crippen LogP contribution in [0.2, 0.25) is 0 Å². The first kappa shape index (κ1) is 14.8. The van der Waals surface area contributed by atoms with Crippen LogP contribution >= 0.6 is 11.3 Å². The van der Waals surface area contributed by atoms with Gasteiger partial charge in [0.15, 0.2) is 0 Å². The van der Waals surface area contributed by atoms with Crippen LogP contribution in [0, 0.1) is 13.8 Å². The quantitative estimate of drug-likeness (QED) is 0.927. The Labute approximate surface area is 123 Å². The second kappa shape index (κ2) is 5.79.